The second kappa shape index (κ2) is 12.9. The summed E-state index contributed by atoms with van der Waals surface area (Å²) in [5, 5.41) is 12.0. The Hall–Kier alpha value is -1.32. The highest BCUT2D eigenvalue weighted by Gasteiger charge is 2.19. The first-order valence-corrected chi connectivity index (χ1v) is 9.75. The van der Waals surface area contributed by atoms with E-state index in [-0.39, 0.29) is 24.5 Å². The Balaban J connectivity index is 4.08. The number of carbonyl (C=O) groups is 3. The lowest BCUT2D eigenvalue weighted by Gasteiger charge is -2.21. The number of hydrogen-bond acceptors (Lipinski definition) is 8. The van der Waals surface area contributed by atoms with Crippen LogP contribution in [-0.2, 0) is 23.9 Å². The third kappa shape index (κ3) is 13.0. The van der Waals surface area contributed by atoms with Gasteiger partial charge in [-0.05, 0) is 18.3 Å². The van der Waals surface area contributed by atoms with Crippen molar-refractivity contribution in [2.75, 3.05) is 31.3 Å². The maximum atomic E-state index is 12.0. The summed E-state index contributed by atoms with van der Waals surface area (Å²) in [7, 11) is 0. The van der Waals surface area contributed by atoms with E-state index in [9.17, 15) is 19.5 Å². The van der Waals surface area contributed by atoms with E-state index < -0.39 is 24.1 Å². The van der Waals surface area contributed by atoms with E-state index in [0.29, 0.717) is 18.1 Å². The summed E-state index contributed by atoms with van der Waals surface area (Å²) in [5.41, 5.74) is 5.70. The molecule has 0 aromatic heterocycles. The number of aliphatic hydroxyl groups is 1. The van der Waals surface area contributed by atoms with Crippen molar-refractivity contribution in [1.82, 2.24) is 5.32 Å². The normalized spacial score (nSPS) is 13.6. The van der Waals surface area contributed by atoms with E-state index in [2.05, 4.69) is 5.32 Å². The zero-order valence-electron chi connectivity index (χ0n) is 16.1. The van der Waals surface area contributed by atoms with Gasteiger partial charge in [0.25, 0.3) is 0 Å². The van der Waals surface area contributed by atoms with Crippen LogP contribution in [0.3, 0.4) is 0 Å². The second-order valence-electron chi connectivity index (χ2n) is 6.89. The van der Waals surface area contributed by atoms with Crippen LogP contribution in [0.1, 0.15) is 40.5 Å². The molecule has 0 aromatic rings. The Labute approximate surface area is 159 Å². The molecule has 8 nitrogen and oxygen atoms in total. The number of esters is 2. The van der Waals surface area contributed by atoms with Crippen LogP contribution in [0.4, 0.5) is 0 Å². The van der Waals surface area contributed by atoms with Crippen LogP contribution in [-0.4, -0.2) is 66.4 Å². The highest BCUT2D eigenvalue weighted by atomic mass is 32.2. The number of thioether (sulfide) groups is 1. The van der Waals surface area contributed by atoms with Crippen molar-refractivity contribution in [3.05, 3.63) is 0 Å². The Kier molecular flexibility index (Phi) is 12.3. The van der Waals surface area contributed by atoms with Crippen molar-refractivity contribution >= 4 is 29.6 Å². The Morgan fingerprint density at radius 3 is 2.38 bits per heavy atom. The summed E-state index contributed by atoms with van der Waals surface area (Å²) in [4.78, 5) is 33.9. The summed E-state index contributed by atoms with van der Waals surface area (Å²) >= 11 is 1.35. The fourth-order valence-electron chi connectivity index (χ4n) is 1.95. The third-order valence-electron chi connectivity index (χ3n) is 3.50. The molecule has 0 unspecified atom stereocenters. The second-order valence-corrected chi connectivity index (χ2v) is 7.97. The minimum absolute atomic E-state index is 0.0238. The van der Waals surface area contributed by atoms with Gasteiger partial charge in [-0.15, -0.1) is 0 Å². The minimum Gasteiger partial charge on any atom is -0.462 e. The van der Waals surface area contributed by atoms with Crippen LogP contribution in [0, 0.1) is 5.41 Å². The largest absolute Gasteiger partial charge is 0.462 e. The lowest BCUT2D eigenvalue weighted by Crippen LogP contribution is -2.43. The average molecular weight is 393 g/mol. The number of nitrogens with one attached hydrogen (secondary N) is 1. The molecule has 0 saturated carbocycles. The number of hydrogen-bond donors (Lipinski definition) is 3. The lowest BCUT2D eigenvalue weighted by atomic mass is 9.89. The van der Waals surface area contributed by atoms with Crippen molar-refractivity contribution in [3.8, 4) is 0 Å². The van der Waals surface area contributed by atoms with Crippen LogP contribution in [0.5, 0.6) is 0 Å². The smallest absolute Gasteiger partial charge is 0.303 e. The van der Waals surface area contributed by atoms with Crippen LogP contribution >= 0.6 is 11.8 Å². The van der Waals surface area contributed by atoms with Crippen molar-refractivity contribution in [2.45, 2.75) is 52.7 Å². The summed E-state index contributed by atoms with van der Waals surface area (Å²) in [6.07, 6.45) is 0.988. The molecular formula is C17H32N2O6S. The van der Waals surface area contributed by atoms with Gasteiger partial charge in [-0.1, -0.05) is 13.8 Å². The molecule has 2 atom stereocenters. The van der Waals surface area contributed by atoms with Crippen LogP contribution < -0.4 is 11.1 Å². The molecule has 1 amide bonds. The van der Waals surface area contributed by atoms with Crippen LogP contribution in [0.15, 0.2) is 0 Å². The van der Waals surface area contributed by atoms with Gasteiger partial charge in [0.05, 0.1) is 6.04 Å². The molecule has 0 spiro atoms. The molecule has 0 aliphatic rings. The standard InChI is InChI=1S/C17H32N2O6S/c1-12(21)24-8-14(25-13(2)22)9-26-10-15(18)16(23)19-7-5-6-17(3,4)11-20/h14-15,20H,5-11,18H2,1-4H3,(H,19,23)/t14-,15+/m1/s1. The SMILES string of the molecule is CC(=O)OC[C@H](CSC[C@H](N)C(=O)NCCCC(C)(C)CO)OC(C)=O. The maximum absolute atomic E-state index is 12.0. The fourth-order valence-corrected chi connectivity index (χ4v) is 2.92. The monoisotopic (exact) mass is 392 g/mol. The molecule has 0 bridgehead atoms. The van der Waals surface area contributed by atoms with Crippen LogP contribution in [0.25, 0.3) is 0 Å². The molecule has 152 valence electrons. The summed E-state index contributed by atoms with van der Waals surface area (Å²) < 4.78 is 9.92. The first-order chi connectivity index (χ1) is 12.1. The predicted octanol–water partition coefficient (Wildman–Crippen LogP) is 0.457. The molecule has 0 fully saturated rings. The topological polar surface area (TPSA) is 128 Å². The number of rotatable bonds is 13. The van der Waals surface area contributed by atoms with Crippen molar-refractivity contribution in [2.24, 2.45) is 11.1 Å². The summed E-state index contributed by atoms with van der Waals surface area (Å²) in [5.74, 6) is -0.434. The third-order valence-corrected chi connectivity index (χ3v) is 4.70. The molecular weight excluding hydrogens is 360 g/mol. The van der Waals surface area contributed by atoms with E-state index in [1.165, 1.54) is 25.6 Å². The molecule has 0 heterocycles. The molecule has 0 aliphatic carbocycles. The van der Waals surface area contributed by atoms with Gasteiger partial charge in [0.2, 0.25) is 5.91 Å². The molecule has 0 saturated heterocycles. The molecule has 4 N–H and O–H groups in total. The van der Waals surface area contributed by atoms with E-state index in [0.717, 1.165) is 12.8 Å². The molecule has 0 aromatic carbocycles. The number of carbonyl (C=O) groups excluding carboxylic acids is 3. The Morgan fingerprint density at radius 2 is 1.85 bits per heavy atom. The zero-order chi connectivity index (χ0) is 20.2. The van der Waals surface area contributed by atoms with Gasteiger partial charge in [-0.3, -0.25) is 14.4 Å². The van der Waals surface area contributed by atoms with E-state index >= 15 is 0 Å². The van der Waals surface area contributed by atoms with Gasteiger partial charge in [0.15, 0.2) is 0 Å². The number of ether oxygens (including phenoxy) is 2. The van der Waals surface area contributed by atoms with Gasteiger partial charge >= 0.3 is 11.9 Å². The summed E-state index contributed by atoms with van der Waals surface area (Å²) in [6, 6.07) is -0.683. The van der Waals surface area contributed by atoms with Crippen molar-refractivity contribution < 1.29 is 29.0 Å². The van der Waals surface area contributed by atoms with E-state index in [1.807, 2.05) is 13.8 Å². The number of aliphatic hydroxyl groups excluding tert-OH is 1. The van der Waals surface area contributed by atoms with Gasteiger partial charge < -0.3 is 25.6 Å². The lowest BCUT2D eigenvalue weighted by molar-refractivity contribution is -0.154. The molecule has 0 aliphatic heterocycles. The van der Waals surface area contributed by atoms with Crippen molar-refractivity contribution in [1.29, 1.82) is 0 Å². The molecule has 0 radical (unpaired) electrons. The zero-order valence-corrected chi connectivity index (χ0v) is 16.9. The van der Waals surface area contributed by atoms with Gasteiger partial charge in [0, 0.05) is 38.5 Å². The van der Waals surface area contributed by atoms with Gasteiger partial charge in [-0.2, -0.15) is 11.8 Å². The first-order valence-electron chi connectivity index (χ1n) is 8.60. The fraction of sp³-hybridized carbons (Fsp3) is 0.824. The number of nitrogens with two attached hydrogens (primary N) is 1. The van der Waals surface area contributed by atoms with Crippen molar-refractivity contribution in [3.63, 3.8) is 0 Å². The van der Waals surface area contributed by atoms with Crippen LogP contribution in [0.2, 0.25) is 0 Å². The minimum atomic E-state index is -0.683. The summed E-state index contributed by atoms with van der Waals surface area (Å²) in [6.45, 7) is 7.07. The number of amides is 1. The quantitative estimate of drug-likeness (QED) is 0.305. The van der Waals surface area contributed by atoms with E-state index in [4.69, 9.17) is 15.2 Å². The Bertz CT molecular complexity index is 459. The van der Waals surface area contributed by atoms with Gasteiger partial charge in [-0.25, -0.2) is 0 Å². The average Bonchev–Trinajstić information content (AvgIpc) is 2.55. The predicted molar refractivity (Wildman–Crippen MR) is 101 cm³/mol. The highest BCUT2D eigenvalue weighted by molar-refractivity contribution is 7.99. The van der Waals surface area contributed by atoms with E-state index in [1.54, 1.807) is 0 Å². The molecule has 0 rings (SSSR count). The Morgan fingerprint density at radius 1 is 1.19 bits per heavy atom. The maximum Gasteiger partial charge on any atom is 0.303 e. The molecule has 26 heavy (non-hydrogen) atoms. The van der Waals surface area contributed by atoms with Gasteiger partial charge in [0.1, 0.15) is 12.7 Å². The molecule has 9 heteroatoms. The first kappa shape index (κ1) is 24.7. The highest BCUT2D eigenvalue weighted by Crippen LogP contribution is 2.20.